The Morgan fingerprint density at radius 2 is 2.21 bits per heavy atom. The third-order valence-corrected chi connectivity index (χ3v) is 6.66. The number of methoxy groups -OCH3 is 1. The van der Waals surface area contributed by atoms with Crippen molar-refractivity contribution in [2.24, 2.45) is 11.8 Å². The first-order chi connectivity index (χ1) is 14.0. The van der Waals surface area contributed by atoms with Crippen LogP contribution in [0, 0.1) is 23.2 Å². The Hall–Kier alpha value is -1.45. The second-order valence-corrected chi connectivity index (χ2v) is 9.13. The summed E-state index contributed by atoms with van der Waals surface area (Å²) in [6.07, 6.45) is 5.80. The minimum Gasteiger partial charge on any atom is -0.385 e. The van der Waals surface area contributed by atoms with Crippen LogP contribution in [0.15, 0.2) is 24.3 Å². The Kier molecular flexibility index (Phi) is 7.70. The van der Waals surface area contributed by atoms with E-state index < -0.39 is 5.60 Å². The van der Waals surface area contributed by atoms with Crippen LogP contribution in [0.3, 0.4) is 0 Å². The highest BCUT2D eigenvalue weighted by Gasteiger charge is 2.44. The lowest BCUT2D eigenvalue weighted by atomic mass is 9.75. The number of nitrogens with zero attached hydrogens (tertiary/aromatic N) is 3. The van der Waals surface area contributed by atoms with Gasteiger partial charge in [-0.3, -0.25) is 0 Å². The zero-order valence-corrected chi connectivity index (χ0v) is 18.3. The molecule has 160 valence electrons. The fourth-order valence-corrected chi connectivity index (χ4v) is 4.77. The number of hydrogen-bond donors (Lipinski definition) is 1. The van der Waals surface area contributed by atoms with E-state index >= 15 is 0 Å². The van der Waals surface area contributed by atoms with Crippen molar-refractivity contribution in [2.45, 2.75) is 50.7 Å². The fraction of sp³-hybridized carbons (Fsp3) is 0.708. The number of aliphatic hydroxyl groups is 1. The van der Waals surface area contributed by atoms with Crippen molar-refractivity contribution in [3.63, 3.8) is 0 Å². The average Bonchev–Trinajstić information content (AvgIpc) is 3.54. The Bertz CT molecular complexity index is 700. The summed E-state index contributed by atoms with van der Waals surface area (Å²) in [5, 5.41) is 21.2. The third-order valence-electron chi connectivity index (χ3n) is 6.66. The highest BCUT2D eigenvalue weighted by atomic mass is 16.5. The summed E-state index contributed by atoms with van der Waals surface area (Å²) in [5.41, 5.74) is 0.609. The first-order valence-electron chi connectivity index (χ1n) is 11.1. The average molecular weight is 400 g/mol. The Balaban J connectivity index is 1.76. The van der Waals surface area contributed by atoms with Gasteiger partial charge in [-0.25, -0.2) is 0 Å². The van der Waals surface area contributed by atoms with E-state index in [9.17, 15) is 10.4 Å². The van der Waals surface area contributed by atoms with Gasteiger partial charge in [-0.05, 0) is 56.3 Å². The summed E-state index contributed by atoms with van der Waals surface area (Å²) in [7, 11) is 3.92. The SMILES string of the molecule is CCCC(CN(C)CC1CN(CC2CC2)CCC1(O)c1cccc(C#N)c1)OC. The van der Waals surface area contributed by atoms with Gasteiger partial charge in [-0.1, -0.05) is 25.5 Å². The molecule has 1 heterocycles. The van der Waals surface area contributed by atoms with Crippen LogP contribution in [0.1, 0.15) is 50.2 Å². The minimum absolute atomic E-state index is 0.105. The fourth-order valence-electron chi connectivity index (χ4n) is 4.77. The van der Waals surface area contributed by atoms with Crippen molar-refractivity contribution in [2.75, 3.05) is 46.9 Å². The van der Waals surface area contributed by atoms with Crippen LogP contribution in [0.4, 0.5) is 0 Å². The summed E-state index contributed by atoms with van der Waals surface area (Å²) in [6, 6.07) is 9.78. The van der Waals surface area contributed by atoms with Crippen LogP contribution in [-0.2, 0) is 10.3 Å². The molecule has 5 heteroatoms. The van der Waals surface area contributed by atoms with E-state index in [1.165, 1.54) is 12.8 Å². The van der Waals surface area contributed by atoms with Crippen LogP contribution >= 0.6 is 0 Å². The number of likely N-dealkylation sites (tertiary alicyclic amines) is 1. The lowest BCUT2D eigenvalue weighted by Crippen LogP contribution is -2.54. The topological polar surface area (TPSA) is 59.7 Å². The molecule has 2 aliphatic rings. The molecule has 0 radical (unpaired) electrons. The maximum atomic E-state index is 11.8. The first-order valence-corrected chi connectivity index (χ1v) is 11.1. The van der Waals surface area contributed by atoms with Gasteiger partial charge in [0.25, 0.3) is 0 Å². The van der Waals surface area contributed by atoms with Crippen LogP contribution in [0.25, 0.3) is 0 Å². The van der Waals surface area contributed by atoms with Crippen LogP contribution in [0.2, 0.25) is 0 Å². The van der Waals surface area contributed by atoms with Crippen molar-refractivity contribution in [1.29, 1.82) is 5.26 Å². The largest absolute Gasteiger partial charge is 0.385 e. The second kappa shape index (κ2) is 10.0. The van der Waals surface area contributed by atoms with Crippen LogP contribution in [-0.4, -0.2) is 67.9 Å². The van der Waals surface area contributed by atoms with Gasteiger partial charge in [-0.15, -0.1) is 0 Å². The zero-order chi connectivity index (χ0) is 20.9. The van der Waals surface area contributed by atoms with Gasteiger partial charge < -0.3 is 19.6 Å². The van der Waals surface area contributed by atoms with Crippen LogP contribution in [0.5, 0.6) is 0 Å². The van der Waals surface area contributed by atoms with Gasteiger partial charge in [0, 0.05) is 45.8 Å². The number of rotatable bonds is 10. The monoisotopic (exact) mass is 399 g/mol. The standard InChI is InChI=1S/C24H37N3O2/c1-4-6-23(29-3)18-26(2)16-22-17-27(15-19-9-10-19)12-11-24(22,28)21-8-5-7-20(13-21)14-25/h5,7-8,13,19,22-23,28H,4,6,9-12,15-18H2,1-3H3. The van der Waals surface area contributed by atoms with E-state index in [2.05, 4.69) is 29.8 Å². The summed E-state index contributed by atoms with van der Waals surface area (Å²) in [5.74, 6) is 0.956. The van der Waals surface area contributed by atoms with E-state index in [-0.39, 0.29) is 12.0 Å². The summed E-state index contributed by atoms with van der Waals surface area (Å²) >= 11 is 0. The normalized spacial score (nSPS) is 26.4. The highest BCUT2D eigenvalue weighted by Crippen LogP contribution is 2.40. The maximum absolute atomic E-state index is 11.8. The molecule has 0 amide bonds. The van der Waals surface area contributed by atoms with Gasteiger partial charge in [0.2, 0.25) is 0 Å². The molecule has 29 heavy (non-hydrogen) atoms. The molecule has 0 spiro atoms. The number of hydrogen-bond acceptors (Lipinski definition) is 5. The van der Waals surface area contributed by atoms with E-state index in [4.69, 9.17) is 4.74 Å². The third kappa shape index (κ3) is 5.79. The van der Waals surface area contributed by atoms with E-state index in [1.54, 1.807) is 7.11 Å². The number of piperidine rings is 1. The summed E-state index contributed by atoms with van der Waals surface area (Å²) < 4.78 is 5.65. The highest BCUT2D eigenvalue weighted by molar-refractivity contribution is 5.36. The van der Waals surface area contributed by atoms with Crippen LogP contribution < -0.4 is 0 Å². The molecule has 1 saturated heterocycles. The molecule has 1 aliphatic heterocycles. The van der Waals surface area contributed by atoms with Crippen molar-refractivity contribution in [3.05, 3.63) is 35.4 Å². The van der Waals surface area contributed by atoms with Gasteiger partial charge in [0.1, 0.15) is 0 Å². The molecule has 3 atom stereocenters. The molecule has 1 aliphatic carbocycles. The van der Waals surface area contributed by atoms with Crippen molar-refractivity contribution in [1.82, 2.24) is 9.80 Å². The van der Waals surface area contributed by atoms with Crippen molar-refractivity contribution >= 4 is 0 Å². The minimum atomic E-state index is -0.894. The maximum Gasteiger partial charge on any atom is 0.0991 e. The molecule has 1 aromatic rings. The predicted octanol–water partition coefficient (Wildman–Crippen LogP) is 3.22. The Labute approximate surface area is 176 Å². The van der Waals surface area contributed by atoms with Gasteiger partial charge >= 0.3 is 0 Å². The quantitative estimate of drug-likeness (QED) is 0.655. The van der Waals surface area contributed by atoms with E-state index in [0.717, 1.165) is 63.5 Å². The number of nitriles is 1. The number of benzene rings is 1. The summed E-state index contributed by atoms with van der Waals surface area (Å²) in [6.45, 7) is 6.85. The molecular formula is C24H37N3O2. The van der Waals surface area contributed by atoms with E-state index in [1.807, 2.05) is 24.3 Å². The number of ether oxygens (including phenoxy) is 1. The molecule has 1 N–H and O–H groups in total. The Morgan fingerprint density at radius 3 is 2.86 bits per heavy atom. The summed E-state index contributed by atoms with van der Waals surface area (Å²) in [4.78, 5) is 4.85. The van der Waals surface area contributed by atoms with Gasteiger partial charge in [-0.2, -0.15) is 5.26 Å². The molecule has 1 saturated carbocycles. The predicted molar refractivity (Wildman–Crippen MR) is 116 cm³/mol. The molecule has 2 fully saturated rings. The van der Waals surface area contributed by atoms with Gasteiger partial charge in [0.15, 0.2) is 0 Å². The van der Waals surface area contributed by atoms with E-state index in [0.29, 0.717) is 5.56 Å². The molecule has 3 unspecified atom stereocenters. The first kappa shape index (κ1) is 22.2. The molecule has 5 nitrogen and oxygen atoms in total. The lowest BCUT2D eigenvalue weighted by Gasteiger charge is -2.46. The van der Waals surface area contributed by atoms with Crippen molar-refractivity contribution < 1.29 is 9.84 Å². The van der Waals surface area contributed by atoms with Crippen molar-refractivity contribution in [3.8, 4) is 6.07 Å². The molecule has 0 bridgehead atoms. The number of likely N-dealkylation sites (N-methyl/N-ethyl adjacent to an activating group) is 1. The van der Waals surface area contributed by atoms with Gasteiger partial charge in [0.05, 0.1) is 23.3 Å². The smallest absolute Gasteiger partial charge is 0.0991 e. The zero-order valence-electron chi connectivity index (χ0n) is 18.3. The molecule has 3 rings (SSSR count). The second-order valence-electron chi connectivity index (χ2n) is 9.13. The molecule has 0 aromatic heterocycles. The Morgan fingerprint density at radius 1 is 1.41 bits per heavy atom. The molecule has 1 aromatic carbocycles. The lowest BCUT2D eigenvalue weighted by molar-refractivity contribution is -0.0891. The molecular weight excluding hydrogens is 362 g/mol.